The molecule has 0 radical (unpaired) electrons. The predicted octanol–water partition coefficient (Wildman–Crippen LogP) is 2.68. The third kappa shape index (κ3) is 3.58. The molecule has 1 aromatic rings. The standard InChI is InChI=1S/C14H22F2N2O3/c1-13(2)4-6-14(20-3,7-5-13)12-17-10(21-18-12)8-9(19)11(15)16/h9,11,19H,4-8H2,1-3H3. The van der Waals surface area contributed by atoms with Crippen LogP contribution < -0.4 is 0 Å². The number of ether oxygens (including phenoxy) is 1. The first-order chi connectivity index (χ1) is 9.78. The first-order valence-corrected chi connectivity index (χ1v) is 7.12. The Labute approximate surface area is 122 Å². The Bertz CT molecular complexity index is 467. The Hall–Kier alpha value is -1.08. The van der Waals surface area contributed by atoms with Gasteiger partial charge in [-0.05, 0) is 31.1 Å². The first kappa shape index (κ1) is 16.3. The zero-order valence-electron chi connectivity index (χ0n) is 12.6. The summed E-state index contributed by atoms with van der Waals surface area (Å²) in [6.45, 7) is 4.40. The summed E-state index contributed by atoms with van der Waals surface area (Å²) in [6.07, 6.45) is -1.53. The van der Waals surface area contributed by atoms with E-state index in [9.17, 15) is 13.9 Å². The number of aliphatic hydroxyl groups excluding tert-OH is 1. The van der Waals surface area contributed by atoms with Crippen LogP contribution >= 0.6 is 0 Å². The summed E-state index contributed by atoms with van der Waals surface area (Å²) in [7, 11) is 1.60. The molecule has 1 atom stereocenters. The lowest BCUT2D eigenvalue weighted by atomic mass is 9.70. The Morgan fingerprint density at radius 3 is 2.43 bits per heavy atom. The smallest absolute Gasteiger partial charge is 0.264 e. The SMILES string of the molecule is COC1(c2noc(CC(O)C(F)F)n2)CCC(C)(C)CC1. The van der Waals surface area contributed by atoms with E-state index in [0.717, 1.165) is 25.7 Å². The highest BCUT2D eigenvalue weighted by atomic mass is 19.3. The molecular formula is C14H22F2N2O3. The maximum atomic E-state index is 12.3. The van der Waals surface area contributed by atoms with Gasteiger partial charge in [-0.25, -0.2) is 8.78 Å². The summed E-state index contributed by atoms with van der Waals surface area (Å²) < 4.78 is 35.3. The number of methoxy groups -OCH3 is 1. The van der Waals surface area contributed by atoms with E-state index in [0.29, 0.717) is 5.82 Å². The second kappa shape index (κ2) is 5.96. The quantitative estimate of drug-likeness (QED) is 0.905. The van der Waals surface area contributed by atoms with Crippen molar-refractivity contribution in [2.75, 3.05) is 7.11 Å². The number of aromatic nitrogens is 2. The highest BCUT2D eigenvalue weighted by Crippen LogP contribution is 2.46. The van der Waals surface area contributed by atoms with Gasteiger partial charge in [-0.2, -0.15) is 4.98 Å². The zero-order chi connectivity index (χ0) is 15.7. The number of halogens is 2. The van der Waals surface area contributed by atoms with Crippen molar-refractivity contribution >= 4 is 0 Å². The average molecular weight is 304 g/mol. The molecule has 5 nitrogen and oxygen atoms in total. The molecule has 0 saturated heterocycles. The van der Waals surface area contributed by atoms with Gasteiger partial charge < -0.3 is 14.4 Å². The third-order valence-corrected chi connectivity index (χ3v) is 4.35. The molecule has 0 amide bonds. The molecule has 1 aliphatic carbocycles. The van der Waals surface area contributed by atoms with Crippen LogP contribution in [-0.2, 0) is 16.8 Å². The van der Waals surface area contributed by atoms with Crippen LogP contribution in [0.4, 0.5) is 8.78 Å². The molecule has 1 aromatic heterocycles. The lowest BCUT2D eigenvalue weighted by Crippen LogP contribution is -2.37. The van der Waals surface area contributed by atoms with Crippen LogP contribution in [0.2, 0.25) is 0 Å². The Kier molecular flexibility index (Phi) is 4.63. The van der Waals surface area contributed by atoms with Gasteiger partial charge in [0.25, 0.3) is 6.43 Å². The third-order valence-electron chi connectivity index (χ3n) is 4.35. The number of hydrogen-bond donors (Lipinski definition) is 1. The summed E-state index contributed by atoms with van der Waals surface area (Å²) in [5.41, 5.74) is -0.368. The highest BCUT2D eigenvalue weighted by molar-refractivity contribution is 5.05. The van der Waals surface area contributed by atoms with Gasteiger partial charge in [0, 0.05) is 7.11 Å². The molecule has 1 heterocycles. The average Bonchev–Trinajstić information content (AvgIpc) is 2.88. The van der Waals surface area contributed by atoms with Gasteiger partial charge in [0.05, 0.1) is 6.42 Å². The van der Waals surface area contributed by atoms with Crippen LogP contribution in [0.5, 0.6) is 0 Å². The lowest BCUT2D eigenvalue weighted by Gasteiger charge is -2.40. The maximum absolute atomic E-state index is 12.3. The van der Waals surface area contributed by atoms with E-state index in [-0.39, 0.29) is 17.7 Å². The summed E-state index contributed by atoms with van der Waals surface area (Å²) in [6, 6.07) is 0. The molecule has 120 valence electrons. The van der Waals surface area contributed by atoms with Crippen molar-refractivity contribution in [1.29, 1.82) is 0 Å². The fourth-order valence-electron chi connectivity index (χ4n) is 2.64. The van der Waals surface area contributed by atoms with Crippen LogP contribution in [0, 0.1) is 5.41 Å². The van der Waals surface area contributed by atoms with E-state index >= 15 is 0 Å². The largest absolute Gasteiger partial charge is 0.387 e. The van der Waals surface area contributed by atoms with E-state index < -0.39 is 18.1 Å². The van der Waals surface area contributed by atoms with Crippen molar-refractivity contribution in [3.05, 3.63) is 11.7 Å². The minimum Gasteiger partial charge on any atom is -0.387 e. The monoisotopic (exact) mass is 304 g/mol. The molecular weight excluding hydrogens is 282 g/mol. The molecule has 1 N–H and O–H groups in total. The Balaban J connectivity index is 2.11. The predicted molar refractivity (Wildman–Crippen MR) is 70.9 cm³/mol. The second-order valence-electron chi connectivity index (χ2n) is 6.48. The number of nitrogens with zero attached hydrogens (tertiary/aromatic N) is 2. The maximum Gasteiger partial charge on any atom is 0.264 e. The van der Waals surface area contributed by atoms with Gasteiger partial charge in [-0.3, -0.25) is 0 Å². The summed E-state index contributed by atoms with van der Waals surface area (Å²) >= 11 is 0. The number of hydrogen-bond acceptors (Lipinski definition) is 5. The van der Waals surface area contributed by atoms with Crippen molar-refractivity contribution in [1.82, 2.24) is 10.1 Å². The summed E-state index contributed by atoms with van der Waals surface area (Å²) in [5.74, 6) is 0.399. The number of aliphatic hydroxyl groups is 1. The molecule has 1 fully saturated rings. The van der Waals surface area contributed by atoms with Crippen molar-refractivity contribution in [2.45, 2.75) is 64.1 Å². The van der Waals surface area contributed by atoms with Crippen molar-refractivity contribution < 1.29 is 23.1 Å². The Morgan fingerprint density at radius 1 is 1.29 bits per heavy atom. The van der Waals surface area contributed by atoms with E-state index in [2.05, 4.69) is 24.0 Å². The minimum absolute atomic E-state index is 0.0130. The molecule has 0 aromatic carbocycles. The van der Waals surface area contributed by atoms with Crippen molar-refractivity contribution in [2.24, 2.45) is 5.41 Å². The van der Waals surface area contributed by atoms with E-state index in [1.165, 1.54) is 0 Å². The molecule has 0 bridgehead atoms. The van der Waals surface area contributed by atoms with E-state index in [1.807, 2.05) is 0 Å². The van der Waals surface area contributed by atoms with E-state index in [1.54, 1.807) is 7.11 Å². The van der Waals surface area contributed by atoms with Crippen molar-refractivity contribution in [3.63, 3.8) is 0 Å². The Morgan fingerprint density at radius 2 is 1.90 bits per heavy atom. The second-order valence-corrected chi connectivity index (χ2v) is 6.48. The topological polar surface area (TPSA) is 68.4 Å². The van der Waals surface area contributed by atoms with Gasteiger partial charge >= 0.3 is 0 Å². The van der Waals surface area contributed by atoms with Crippen LogP contribution in [0.15, 0.2) is 4.52 Å². The summed E-state index contributed by atoms with van der Waals surface area (Å²) in [5, 5.41) is 13.1. The zero-order valence-corrected chi connectivity index (χ0v) is 12.6. The normalized spacial score (nSPS) is 22.4. The van der Waals surface area contributed by atoms with Crippen LogP contribution in [-0.4, -0.2) is 34.9 Å². The van der Waals surface area contributed by atoms with Crippen LogP contribution in [0.25, 0.3) is 0 Å². The minimum atomic E-state index is -2.83. The first-order valence-electron chi connectivity index (χ1n) is 7.12. The molecule has 1 unspecified atom stereocenters. The molecule has 21 heavy (non-hydrogen) atoms. The van der Waals surface area contributed by atoms with Gasteiger partial charge in [0.15, 0.2) is 0 Å². The van der Waals surface area contributed by atoms with Gasteiger partial charge in [-0.1, -0.05) is 19.0 Å². The number of rotatable bonds is 5. The van der Waals surface area contributed by atoms with Gasteiger partial charge in [0.1, 0.15) is 11.7 Å². The van der Waals surface area contributed by atoms with Crippen molar-refractivity contribution in [3.8, 4) is 0 Å². The van der Waals surface area contributed by atoms with Crippen LogP contribution in [0.3, 0.4) is 0 Å². The van der Waals surface area contributed by atoms with Gasteiger partial charge in [0.2, 0.25) is 11.7 Å². The molecule has 2 rings (SSSR count). The molecule has 1 aliphatic rings. The van der Waals surface area contributed by atoms with Gasteiger partial charge in [-0.15, -0.1) is 0 Å². The molecule has 0 aliphatic heterocycles. The fourth-order valence-corrected chi connectivity index (χ4v) is 2.64. The molecule has 7 heteroatoms. The summed E-state index contributed by atoms with van der Waals surface area (Å²) in [4.78, 5) is 4.15. The lowest BCUT2D eigenvalue weighted by molar-refractivity contribution is -0.0740. The molecule has 0 spiro atoms. The number of alkyl halides is 2. The van der Waals surface area contributed by atoms with Crippen LogP contribution in [0.1, 0.15) is 51.2 Å². The fraction of sp³-hybridized carbons (Fsp3) is 0.857. The molecule has 1 saturated carbocycles. The van der Waals surface area contributed by atoms with E-state index in [4.69, 9.17) is 9.26 Å². The highest BCUT2D eigenvalue weighted by Gasteiger charge is 2.43.